The van der Waals surface area contributed by atoms with E-state index in [1.807, 2.05) is 59.4 Å². The molecule has 3 heterocycles. The molecule has 0 bridgehead atoms. The van der Waals surface area contributed by atoms with E-state index < -0.39 is 0 Å². The van der Waals surface area contributed by atoms with Gasteiger partial charge in [0.25, 0.3) is 5.91 Å². The summed E-state index contributed by atoms with van der Waals surface area (Å²) < 4.78 is 3.81. The predicted molar refractivity (Wildman–Crippen MR) is 95.5 cm³/mol. The van der Waals surface area contributed by atoms with Crippen LogP contribution in [0.1, 0.15) is 45.8 Å². The molecule has 0 aliphatic heterocycles. The van der Waals surface area contributed by atoms with E-state index in [9.17, 15) is 4.79 Å². The van der Waals surface area contributed by atoms with Gasteiger partial charge in [-0.05, 0) is 45.2 Å². The van der Waals surface area contributed by atoms with Crippen molar-refractivity contribution in [2.24, 2.45) is 7.05 Å². The van der Waals surface area contributed by atoms with Crippen LogP contribution in [0, 0.1) is 20.8 Å². The Labute approximate surface area is 147 Å². The second-order valence-electron chi connectivity index (χ2n) is 6.99. The van der Waals surface area contributed by atoms with Crippen LogP contribution in [0.15, 0.2) is 24.5 Å². The molecular weight excluding hydrogens is 314 g/mol. The van der Waals surface area contributed by atoms with Crippen molar-refractivity contribution in [1.82, 2.24) is 24.1 Å². The van der Waals surface area contributed by atoms with Crippen molar-refractivity contribution < 1.29 is 4.79 Å². The molecule has 0 atom stereocenters. The minimum absolute atomic E-state index is 0.00764. The van der Waals surface area contributed by atoms with Gasteiger partial charge < -0.3 is 9.30 Å². The standard InChI is InChI=1S/C19H23N5O/c1-12-6-5-9-23-11-17(20-18(12)23)19(25)24(15-7-8-15)10-16-13(2)21-22(4)14(16)3/h5-6,9,11,15H,7-8,10H2,1-4H3. The van der Waals surface area contributed by atoms with E-state index in [1.165, 1.54) is 0 Å². The lowest BCUT2D eigenvalue weighted by atomic mass is 10.1. The SMILES string of the molecule is Cc1nn(C)c(C)c1CN(C(=O)c1cn2cccc(C)c2n1)C1CC1. The maximum atomic E-state index is 13.2. The van der Waals surface area contributed by atoms with Gasteiger partial charge in [0.1, 0.15) is 11.3 Å². The van der Waals surface area contributed by atoms with Crippen LogP contribution in [0.3, 0.4) is 0 Å². The molecule has 25 heavy (non-hydrogen) atoms. The molecule has 6 heteroatoms. The molecule has 1 amide bonds. The van der Waals surface area contributed by atoms with E-state index in [1.54, 1.807) is 0 Å². The minimum atomic E-state index is 0.00764. The number of imidazole rings is 1. The number of pyridine rings is 1. The van der Waals surface area contributed by atoms with Gasteiger partial charge in [-0.2, -0.15) is 5.10 Å². The maximum Gasteiger partial charge on any atom is 0.274 e. The van der Waals surface area contributed by atoms with Crippen LogP contribution in [0.25, 0.3) is 5.65 Å². The summed E-state index contributed by atoms with van der Waals surface area (Å²) in [6.45, 7) is 6.67. The van der Waals surface area contributed by atoms with Crippen LogP contribution in [-0.4, -0.2) is 36.0 Å². The Balaban J connectivity index is 1.68. The molecule has 3 aromatic rings. The number of rotatable bonds is 4. The highest BCUT2D eigenvalue weighted by molar-refractivity contribution is 5.93. The summed E-state index contributed by atoms with van der Waals surface area (Å²) in [5, 5.41) is 4.48. The molecule has 0 unspecified atom stereocenters. The summed E-state index contributed by atoms with van der Waals surface area (Å²) in [5.74, 6) is 0.00764. The van der Waals surface area contributed by atoms with Gasteiger partial charge in [0.15, 0.2) is 0 Å². The Morgan fingerprint density at radius 1 is 1.32 bits per heavy atom. The van der Waals surface area contributed by atoms with Crippen LogP contribution in [0.2, 0.25) is 0 Å². The summed E-state index contributed by atoms with van der Waals surface area (Å²) in [6.07, 6.45) is 5.90. The maximum absolute atomic E-state index is 13.2. The first kappa shape index (κ1) is 15.9. The topological polar surface area (TPSA) is 55.4 Å². The molecule has 130 valence electrons. The number of hydrogen-bond acceptors (Lipinski definition) is 3. The molecule has 3 aromatic heterocycles. The average molecular weight is 337 g/mol. The molecule has 4 rings (SSSR count). The molecule has 1 aliphatic rings. The molecule has 1 aliphatic carbocycles. The lowest BCUT2D eigenvalue weighted by Crippen LogP contribution is -2.33. The second kappa shape index (κ2) is 5.72. The van der Waals surface area contributed by atoms with Crippen LogP contribution < -0.4 is 0 Å². The summed E-state index contributed by atoms with van der Waals surface area (Å²) in [5.41, 5.74) is 5.67. The van der Waals surface area contributed by atoms with Crippen molar-refractivity contribution in [3.63, 3.8) is 0 Å². The molecule has 0 saturated heterocycles. The first-order valence-electron chi connectivity index (χ1n) is 8.70. The Morgan fingerprint density at radius 2 is 2.08 bits per heavy atom. The fraction of sp³-hybridized carbons (Fsp3) is 0.421. The zero-order chi connectivity index (χ0) is 17.7. The number of hydrogen-bond donors (Lipinski definition) is 0. The summed E-state index contributed by atoms with van der Waals surface area (Å²) in [7, 11) is 1.94. The lowest BCUT2D eigenvalue weighted by molar-refractivity contribution is 0.0724. The third-order valence-corrected chi connectivity index (χ3v) is 5.13. The van der Waals surface area contributed by atoms with Crippen molar-refractivity contribution in [2.75, 3.05) is 0 Å². The summed E-state index contributed by atoms with van der Waals surface area (Å²) in [6, 6.07) is 4.30. The highest BCUT2D eigenvalue weighted by atomic mass is 16.2. The van der Waals surface area contributed by atoms with Gasteiger partial charge in [-0.25, -0.2) is 4.98 Å². The number of amides is 1. The highest BCUT2D eigenvalue weighted by Gasteiger charge is 2.35. The van der Waals surface area contributed by atoms with Crippen LogP contribution in [-0.2, 0) is 13.6 Å². The summed E-state index contributed by atoms with van der Waals surface area (Å²) in [4.78, 5) is 19.7. The zero-order valence-electron chi connectivity index (χ0n) is 15.2. The predicted octanol–water partition coefficient (Wildman–Crippen LogP) is 2.80. The molecule has 1 saturated carbocycles. The van der Waals surface area contributed by atoms with Gasteiger partial charge in [-0.3, -0.25) is 9.48 Å². The average Bonchev–Trinajstić information content (AvgIpc) is 3.26. The van der Waals surface area contributed by atoms with Gasteiger partial charge in [0, 0.05) is 43.3 Å². The number of carbonyl (C=O) groups is 1. The minimum Gasteiger partial charge on any atom is -0.330 e. The number of nitrogens with zero attached hydrogens (tertiary/aromatic N) is 5. The Morgan fingerprint density at radius 3 is 2.68 bits per heavy atom. The monoisotopic (exact) mass is 337 g/mol. The van der Waals surface area contributed by atoms with Crippen LogP contribution in [0.4, 0.5) is 0 Å². The largest absolute Gasteiger partial charge is 0.330 e. The summed E-state index contributed by atoms with van der Waals surface area (Å²) >= 11 is 0. The van der Waals surface area contributed by atoms with Gasteiger partial charge in [-0.1, -0.05) is 6.07 Å². The fourth-order valence-electron chi connectivity index (χ4n) is 3.37. The van der Waals surface area contributed by atoms with Gasteiger partial charge >= 0.3 is 0 Å². The van der Waals surface area contributed by atoms with E-state index >= 15 is 0 Å². The van der Waals surface area contributed by atoms with E-state index in [0.717, 1.165) is 41.0 Å². The van der Waals surface area contributed by atoms with Crippen LogP contribution in [0.5, 0.6) is 0 Å². The van der Waals surface area contributed by atoms with Gasteiger partial charge in [-0.15, -0.1) is 0 Å². The van der Waals surface area contributed by atoms with E-state index in [0.29, 0.717) is 18.3 Å². The number of carbonyl (C=O) groups excluding carboxylic acids is 1. The second-order valence-corrected chi connectivity index (χ2v) is 6.99. The molecule has 0 spiro atoms. The van der Waals surface area contributed by atoms with Gasteiger partial charge in [0.05, 0.1) is 5.69 Å². The fourth-order valence-corrected chi connectivity index (χ4v) is 3.37. The number of fused-ring (bicyclic) bond motifs is 1. The quantitative estimate of drug-likeness (QED) is 0.735. The van der Waals surface area contributed by atoms with Gasteiger partial charge in [0.2, 0.25) is 0 Å². The molecule has 6 nitrogen and oxygen atoms in total. The molecule has 0 radical (unpaired) electrons. The van der Waals surface area contributed by atoms with Crippen molar-refractivity contribution in [3.05, 3.63) is 52.7 Å². The van der Waals surface area contributed by atoms with Crippen molar-refractivity contribution in [3.8, 4) is 0 Å². The molecular formula is C19H23N5O. The smallest absolute Gasteiger partial charge is 0.274 e. The third-order valence-electron chi connectivity index (χ3n) is 5.13. The Bertz CT molecular complexity index is 964. The van der Waals surface area contributed by atoms with E-state index in [2.05, 4.69) is 17.0 Å². The Kier molecular flexibility index (Phi) is 3.63. The molecule has 1 fully saturated rings. The molecule has 0 N–H and O–H groups in total. The first-order valence-corrected chi connectivity index (χ1v) is 8.70. The normalized spacial score (nSPS) is 14.2. The lowest BCUT2D eigenvalue weighted by Gasteiger charge is -2.21. The molecule has 0 aromatic carbocycles. The highest BCUT2D eigenvalue weighted by Crippen LogP contribution is 2.31. The number of aromatic nitrogens is 4. The van der Waals surface area contributed by atoms with Crippen molar-refractivity contribution >= 4 is 11.6 Å². The first-order chi connectivity index (χ1) is 12.0. The third kappa shape index (κ3) is 2.71. The zero-order valence-corrected chi connectivity index (χ0v) is 15.2. The number of aryl methyl sites for hydroxylation is 3. The van der Waals surface area contributed by atoms with Crippen molar-refractivity contribution in [2.45, 2.75) is 46.2 Å². The van der Waals surface area contributed by atoms with Crippen LogP contribution >= 0.6 is 0 Å². The van der Waals surface area contributed by atoms with E-state index in [4.69, 9.17) is 0 Å². The Hall–Kier alpha value is -2.63. The van der Waals surface area contributed by atoms with Crippen molar-refractivity contribution in [1.29, 1.82) is 0 Å². The van der Waals surface area contributed by atoms with E-state index in [-0.39, 0.29) is 5.91 Å².